The second-order valence-electron chi connectivity index (χ2n) is 7.19. The third kappa shape index (κ3) is 3.07. The Morgan fingerprint density at radius 2 is 1.97 bits per heavy atom. The lowest BCUT2D eigenvalue weighted by atomic mass is 9.95. The number of benzene rings is 2. The lowest BCUT2D eigenvalue weighted by Gasteiger charge is -2.48. The molecule has 1 unspecified atom stereocenters. The van der Waals surface area contributed by atoms with Crippen LogP contribution in [0.2, 0.25) is 10.0 Å². The van der Waals surface area contributed by atoms with Gasteiger partial charge in [-0.1, -0.05) is 47.5 Å². The molecule has 0 aromatic heterocycles. The molecule has 2 heterocycles. The quantitative estimate of drug-likeness (QED) is 0.714. The van der Waals surface area contributed by atoms with Gasteiger partial charge in [-0.05, 0) is 29.8 Å². The van der Waals surface area contributed by atoms with E-state index >= 15 is 0 Å². The summed E-state index contributed by atoms with van der Waals surface area (Å²) in [6.45, 7) is 3.99. The minimum atomic E-state index is -1.45. The zero-order valence-corrected chi connectivity index (χ0v) is 17.5. The summed E-state index contributed by atoms with van der Waals surface area (Å²) >= 11 is 12.2. The van der Waals surface area contributed by atoms with Crippen molar-refractivity contribution in [2.45, 2.75) is 25.0 Å². The molecule has 1 N–H and O–H groups in total. The third-order valence-corrected chi connectivity index (χ3v) is 6.09. The van der Waals surface area contributed by atoms with Crippen LogP contribution in [0.5, 0.6) is 0 Å². The number of anilines is 1. The molecule has 1 atom stereocenters. The Balaban J connectivity index is 1.74. The molecule has 1 saturated heterocycles. The van der Waals surface area contributed by atoms with Gasteiger partial charge in [0, 0.05) is 36.0 Å². The van der Waals surface area contributed by atoms with Gasteiger partial charge in [-0.15, -0.1) is 6.58 Å². The zero-order valence-electron chi connectivity index (χ0n) is 16.0. The van der Waals surface area contributed by atoms with E-state index in [0.717, 1.165) is 0 Å². The molecule has 0 bridgehead atoms. The van der Waals surface area contributed by atoms with Gasteiger partial charge in [-0.25, -0.2) is 0 Å². The summed E-state index contributed by atoms with van der Waals surface area (Å²) in [6, 6.07) is 11.8. The van der Waals surface area contributed by atoms with Crippen LogP contribution in [0.1, 0.15) is 28.8 Å². The molecule has 3 amide bonds. The van der Waals surface area contributed by atoms with Crippen molar-refractivity contribution in [2.24, 2.45) is 0 Å². The minimum absolute atomic E-state index is 0.131. The molecule has 0 saturated carbocycles. The molecule has 1 fully saturated rings. The van der Waals surface area contributed by atoms with Crippen LogP contribution in [-0.4, -0.2) is 34.8 Å². The highest BCUT2D eigenvalue weighted by Crippen LogP contribution is 2.44. The maximum Gasteiger partial charge on any atom is 0.267 e. The number of nitrogens with one attached hydrogen (secondary N) is 1. The SMILES string of the molecule is C=CCN1C(=O)c2ccccc2N2C(=O)CCC12C(=O)NCc1ccc(Cl)cc1Cl. The van der Waals surface area contributed by atoms with Crippen molar-refractivity contribution in [2.75, 3.05) is 11.4 Å². The smallest absolute Gasteiger partial charge is 0.267 e. The standard InChI is InChI=1S/C22H19Cl2N3O3/c1-2-11-26-20(29)16-5-3-4-6-18(16)27-19(28)9-10-22(26,27)21(30)25-13-14-7-8-15(23)12-17(14)24/h2-8,12H,1,9-11,13H2,(H,25,30). The second-order valence-corrected chi connectivity index (χ2v) is 8.03. The molecule has 0 spiro atoms. The van der Waals surface area contributed by atoms with E-state index in [1.165, 1.54) is 9.80 Å². The van der Waals surface area contributed by atoms with Gasteiger partial charge in [0.25, 0.3) is 11.8 Å². The van der Waals surface area contributed by atoms with Crippen LogP contribution in [0, 0.1) is 0 Å². The highest BCUT2D eigenvalue weighted by Gasteiger charge is 2.60. The zero-order chi connectivity index (χ0) is 21.5. The highest BCUT2D eigenvalue weighted by molar-refractivity contribution is 6.35. The first-order chi connectivity index (χ1) is 14.4. The maximum absolute atomic E-state index is 13.5. The predicted molar refractivity (Wildman–Crippen MR) is 115 cm³/mol. The Morgan fingerprint density at radius 3 is 2.70 bits per heavy atom. The van der Waals surface area contributed by atoms with Crippen LogP contribution in [0.3, 0.4) is 0 Å². The van der Waals surface area contributed by atoms with Crippen LogP contribution < -0.4 is 10.2 Å². The average Bonchev–Trinajstić information content (AvgIpc) is 3.08. The van der Waals surface area contributed by atoms with Crippen LogP contribution in [-0.2, 0) is 16.1 Å². The molecule has 2 aromatic rings. The van der Waals surface area contributed by atoms with Crippen molar-refractivity contribution in [3.05, 3.63) is 76.3 Å². The van der Waals surface area contributed by atoms with E-state index < -0.39 is 11.6 Å². The van der Waals surface area contributed by atoms with Crippen molar-refractivity contribution in [1.29, 1.82) is 0 Å². The van der Waals surface area contributed by atoms with Crippen LogP contribution in [0.15, 0.2) is 55.1 Å². The van der Waals surface area contributed by atoms with E-state index in [2.05, 4.69) is 11.9 Å². The molecule has 4 rings (SSSR count). The Hall–Kier alpha value is -2.83. The van der Waals surface area contributed by atoms with Crippen molar-refractivity contribution >= 4 is 46.6 Å². The molecular weight excluding hydrogens is 425 g/mol. The van der Waals surface area contributed by atoms with Crippen molar-refractivity contribution in [3.63, 3.8) is 0 Å². The number of nitrogens with zero attached hydrogens (tertiary/aromatic N) is 2. The normalized spacial score (nSPS) is 20.1. The topological polar surface area (TPSA) is 69.7 Å². The van der Waals surface area contributed by atoms with Gasteiger partial charge in [0.1, 0.15) is 0 Å². The number of rotatable bonds is 5. The van der Waals surface area contributed by atoms with Gasteiger partial charge >= 0.3 is 0 Å². The van der Waals surface area contributed by atoms with Crippen LogP contribution >= 0.6 is 23.2 Å². The van der Waals surface area contributed by atoms with Gasteiger partial charge in [-0.3, -0.25) is 19.3 Å². The van der Waals surface area contributed by atoms with E-state index in [1.54, 1.807) is 48.5 Å². The minimum Gasteiger partial charge on any atom is -0.348 e. The fourth-order valence-corrected chi connectivity index (χ4v) is 4.62. The first-order valence-electron chi connectivity index (χ1n) is 9.47. The summed E-state index contributed by atoms with van der Waals surface area (Å²) in [6.07, 6.45) is 1.90. The molecule has 6 nitrogen and oxygen atoms in total. The number of carbonyl (C=O) groups excluding carboxylic acids is 3. The molecule has 154 valence electrons. The number of amides is 3. The van der Waals surface area contributed by atoms with E-state index in [0.29, 0.717) is 26.9 Å². The number of carbonyl (C=O) groups is 3. The molecule has 30 heavy (non-hydrogen) atoms. The number of halogens is 2. The summed E-state index contributed by atoms with van der Waals surface area (Å²) in [5, 5.41) is 3.78. The summed E-state index contributed by atoms with van der Waals surface area (Å²) < 4.78 is 0. The van der Waals surface area contributed by atoms with Crippen molar-refractivity contribution in [1.82, 2.24) is 10.2 Å². The summed E-state index contributed by atoms with van der Waals surface area (Å²) in [5.41, 5.74) is 0.0681. The van der Waals surface area contributed by atoms with E-state index in [1.807, 2.05) is 0 Å². The van der Waals surface area contributed by atoms with Crippen molar-refractivity contribution in [3.8, 4) is 0 Å². The predicted octanol–water partition coefficient (Wildman–Crippen LogP) is 3.77. The van der Waals surface area contributed by atoms with Crippen LogP contribution in [0.25, 0.3) is 0 Å². The van der Waals surface area contributed by atoms with E-state index in [9.17, 15) is 14.4 Å². The number of hydrogen-bond acceptors (Lipinski definition) is 3. The monoisotopic (exact) mass is 443 g/mol. The first kappa shape index (κ1) is 20.4. The summed E-state index contributed by atoms with van der Waals surface area (Å²) in [5.74, 6) is -0.955. The van der Waals surface area contributed by atoms with Gasteiger partial charge in [0.05, 0.1) is 11.3 Å². The summed E-state index contributed by atoms with van der Waals surface area (Å²) in [4.78, 5) is 42.5. The Kier molecular flexibility index (Phi) is 5.30. The average molecular weight is 444 g/mol. The highest BCUT2D eigenvalue weighted by atomic mass is 35.5. The molecule has 2 aromatic carbocycles. The Bertz CT molecular complexity index is 1070. The lowest BCUT2D eigenvalue weighted by molar-refractivity contribution is -0.133. The summed E-state index contributed by atoms with van der Waals surface area (Å²) in [7, 11) is 0. The Morgan fingerprint density at radius 1 is 1.20 bits per heavy atom. The second kappa shape index (κ2) is 7.78. The molecule has 0 aliphatic carbocycles. The molecule has 2 aliphatic rings. The number of hydrogen-bond donors (Lipinski definition) is 1. The fourth-order valence-electron chi connectivity index (χ4n) is 4.15. The molecular formula is C22H19Cl2N3O3. The molecule has 0 radical (unpaired) electrons. The van der Waals surface area contributed by atoms with Gasteiger partial charge < -0.3 is 10.2 Å². The number of fused-ring (bicyclic) bond motifs is 3. The largest absolute Gasteiger partial charge is 0.348 e. The maximum atomic E-state index is 13.5. The Labute approximate surface area is 184 Å². The van der Waals surface area contributed by atoms with Crippen molar-refractivity contribution < 1.29 is 14.4 Å². The van der Waals surface area contributed by atoms with Gasteiger partial charge in [-0.2, -0.15) is 0 Å². The molecule has 8 heteroatoms. The number of para-hydroxylation sites is 1. The van der Waals surface area contributed by atoms with E-state index in [-0.39, 0.29) is 37.7 Å². The first-order valence-corrected chi connectivity index (χ1v) is 10.2. The van der Waals surface area contributed by atoms with Gasteiger partial charge in [0.15, 0.2) is 0 Å². The fraction of sp³-hybridized carbons (Fsp3) is 0.227. The van der Waals surface area contributed by atoms with Crippen LogP contribution in [0.4, 0.5) is 5.69 Å². The lowest BCUT2D eigenvalue weighted by Crippen LogP contribution is -2.70. The molecule has 2 aliphatic heterocycles. The van der Waals surface area contributed by atoms with E-state index in [4.69, 9.17) is 23.2 Å². The van der Waals surface area contributed by atoms with Gasteiger partial charge in [0.2, 0.25) is 11.6 Å². The third-order valence-electron chi connectivity index (χ3n) is 5.50.